The van der Waals surface area contributed by atoms with Crippen LogP contribution < -0.4 is 0 Å². The number of benzene rings is 1. The molecule has 1 aliphatic rings. The van der Waals surface area contributed by atoms with Crippen LogP contribution in [0.4, 0.5) is 0 Å². The monoisotopic (exact) mass is 451 g/mol. The molecule has 1 aromatic carbocycles. The standard InChI is InChI=1S/C27H33NO3S/c1-4-5-6-10-24(29)19-11-13-21(14-12-19)26-20(15-17-23(26)28-2)8-7-9-22-16-18-25(32-22)27(30)31-3/h11-14,16-18,20,24,26,29H,4-10,15H2,1,3H3/t20-,24?,26-/m0/s1. The molecule has 4 nitrogen and oxygen atoms in total. The molecule has 1 aliphatic carbocycles. The predicted octanol–water partition coefficient (Wildman–Crippen LogP) is 7.08. The number of hydrogen-bond donors (Lipinski definition) is 1. The number of methoxy groups -OCH3 is 1. The van der Waals surface area contributed by atoms with Crippen LogP contribution in [-0.4, -0.2) is 18.2 Å². The molecule has 0 radical (unpaired) electrons. The highest BCUT2D eigenvalue weighted by Gasteiger charge is 2.31. The molecule has 1 heterocycles. The number of thiophene rings is 1. The molecule has 3 rings (SSSR count). The molecule has 32 heavy (non-hydrogen) atoms. The topological polar surface area (TPSA) is 50.9 Å². The van der Waals surface area contributed by atoms with Crippen molar-refractivity contribution >= 4 is 17.3 Å². The largest absolute Gasteiger partial charge is 0.465 e. The summed E-state index contributed by atoms with van der Waals surface area (Å²) in [6.45, 7) is 9.79. The first-order chi connectivity index (χ1) is 15.6. The number of ether oxygens (including phenoxy) is 1. The number of nitrogens with zero attached hydrogens (tertiary/aromatic N) is 1. The second-order valence-corrected chi connectivity index (χ2v) is 9.71. The van der Waals surface area contributed by atoms with Gasteiger partial charge in [0.15, 0.2) is 5.70 Å². The van der Waals surface area contributed by atoms with Crippen molar-refractivity contribution in [2.45, 2.75) is 70.3 Å². The first kappa shape index (κ1) is 24.2. The van der Waals surface area contributed by atoms with Crippen molar-refractivity contribution in [2.24, 2.45) is 5.92 Å². The number of esters is 1. The maximum absolute atomic E-state index is 11.6. The predicted molar refractivity (Wildman–Crippen MR) is 130 cm³/mol. The van der Waals surface area contributed by atoms with Gasteiger partial charge >= 0.3 is 5.97 Å². The Balaban J connectivity index is 1.60. The maximum Gasteiger partial charge on any atom is 0.348 e. The van der Waals surface area contributed by atoms with Gasteiger partial charge in [-0.15, -0.1) is 11.3 Å². The highest BCUT2D eigenvalue weighted by Crippen LogP contribution is 2.43. The van der Waals surface area contributed by atoms with Gasteiger partial charge in [-0.2, -0.15) is 0 Å². The average Bonchev–Trinajstić information content (AvgIpc) is 3.46. The van der Waals surface area contributed by atoms with Gasteiger partial charge in [0, 0.05) is 10.8 Å². The lowest BCUT2D eigenvalue weighted by Crippen LogP contribution is -2.10. The molecule has 3 atom stereocenters. The Bertz CT molecular complexity index is 954. The third-order valence-electron chi connectivity index (χ3n) is 6.36. The van der Waals surface area contributed by atoms with Crippen molar-refractivity contribution in [2.75, 3.05) is 7.11 Å². The molecule has 1 unspecified atom stereocenters. The van der Waals surface area contributed by atoms with E-state index in [0.717, 1.165) is 62.6 Å². The summed E-state index contributed by atoms with van der Waals surface area (Å²) in [5, 5.41) is 10.4. The number of rotatable bonds is 11. The smallest absolute Gasteiger partial charge is 0.348 e. The first-order valence-corrected chi connectivity index (χ1v) is 12.4. The van der Waals surface area contributed by atoms with Gasteiger partial charge < -0.3 is 9.84 Å². The fraction of sp³-hybridized carbons (Fsp3) is 0.481. The number of unbranched alkanes of at least 4 members (excludes halogenated alkanes) is 2. The van der Waals surface area contributed by atoms with Crippen LogP contribution in [0.15, 0.2) is 48.2 Å². The van der Waals surface area contributed by atoms with E-state index in [4.69, 9.17) is 11.3 Å². The lowest BCUT2D eigenvalue weighted by molar-refractivity contribution is 0.0606. The third-order valence-corrected chi connectivity index (χ3v) is 7.48. The van der Waals surface area contributed by atoms with Gasteiger partial charge in [0.25, 0.3) is 0 Å². The van der Waals surface area contributed by atoms with E-state index >= 15 is 0 Å². The summed E-state index contributed by atoms with van der Waals surface area (Å²) in [5.41, 5.74) is 2.98. The number of aliphatic hydroxyl groups is 1. The Morgan fingerprint density at radius 3 is 2.69 bits per heavy atom. The van der Waals surface area contributed by atoms with Crippen molar-refractivity contribution in [1.29, 1.82) is 0 Å². The Morgan fingerprint density at radius 1 is 1.22 bits per heavy atom. The molecular formula is C27H33NO3S. The minimum Gasteiger partial charge on any atom is -0.465 e. The second kappa shape index (κ2) is 12.0. The number of aliphatic hydroxyl groups excluding tert-OH is 1. The molecule has 0 saturated heterocycles. The van der Waals surface area contributed by atoms with Gasteiger partial charge in [-0.1, -0.05) is 68.5 Å². The molecule has 0 amide bonds. The van der Waals surface area contributed by atoms with Crippen molar-refractivity contribution in [3.05, 3.63) is 80.5 Å². The summed E-state index contributed by atoms with van der Waals surface area (Å²) in [6, 6.07) is 12.1. The zero-order valence-corrected chi connectivity index (χ0v) is 19.9. The van der Waals surface area contributed by atoms with Crippen molar-refractivity contribution in [1.82, 2.24) is 0 Å². The van der Waals surface area contributed by atoms with Crippen LogP contribution in [0.3, 0.4) is 0 Å². The number of hydrogen-bond acceptors (Lipinski definition) is 4. The summed E-state index contributed by atoms with van der Waals surface area (Å²) >= 11 is 1.50. The Morgan fingerprint density at radius 2 is 2.00 bits per heavy atom. The minimum atomic E-state index is -0.411. The third kappa shape index (κ3) is 6.09. The van der Waals surface area contributed by atoms with Gasteiger partial charge in [-0.05, 0) is 49.3 Å². The number of carbonyl (C=O) groups excluding carboxylic acids is 1. The molecule has 0 spiro atoms. The quantitative estimate of drug-likeness (QED) is 0.226. The highest BCUT2D eigenvalue weighted by molar-refractivity contribution is 7.13. The van der Waals surface area contributed by atoms with Gasteiger partial charge in [0.05, 0.1) is 19.8 Å². The maximum atomic E-state index is 11.6. The van der Waals surface area contributed by atoms with Crippen LogP contribution in [-0.2, 0) is 11.2 Å². The van der Waals surface area contributed by atoms with Crippen LogP contribution in [0.1, 0.15) is 89.6 Å². The van der Waals surface area contributed by atoms with Gasteiger partial charge in [-0.25, -0.2) is 9.64 Å². The summed E-state index contributed by atoms with van der Waals surface area (Å²) in [7, 11) is 1.41. The Kier molecular flexibility index (Phi) is 9.08. The van der Waals surface area contributed by atoms with Gasteiger partial charge in [0.2, 0.25) is 0 Å². The van der Waals surface area contributed by atoms with E-state index < -0.39 is 6.10 Å². The molecule has 5 heteroatoms. The molecule has 0 saturated carbocycles. The number of carbonyl (C=O) groups is 1. The fourth-order valence-electron chi connectivity index (χ4n) is 4.56. The first-order valence-electron chi connectivity index (χ1n) is 11.6. The molecule has 170 valence electrons. The summed E-state index contributed by atoms with van der Waals surface area (Å²) < 4.78 is 4.79. The molecular weight excluding hydrogens is 418 g/mol. The van der Waals surface area contributed by atoms with E-state index in [1.807, 2.05) is 24.3 Å². The number of allylic oxidation sites excluding steroid dienone is 2. The molecule has 0 fully saturated rings. The Hall–Kier alpha value is -2.42. The van der Waals surface area contributed by atoms with Crippen LogP contribution >= 0.6 is 11.3 Å². The zero-order valence-electron chi connectivity index (χ0n) is 19.0. The molecule has 1 aromatic heterocycles. The van der Waals surface area contributed by atoms with E-state index in [-0.39, 0.29) is 11.9 Å². The lowest BCUT2D eigenvalue weighted by Gasteiger charge is -2.22. The van der Waals surface area contributed by atoms with Crippen LogP contribution in [0.2, 0.25) is 0 Å². The summed E-state index contributed by atoms with van der Waals surface area (Å²) in [5.74, 6) is 0.272. The molecule has 0 bridgehead atoms. The van der Waals surface area contributed by atoms with Crippen molar-refractivity contribution in [3.63, 3.8) is 0 Å². The zero-order chi connectivity index (χ0) is 22.9. The van der Waals surface area contributed by atoms with Gasteiger partial charge in [-0.3, -0.25) is 0 Å². The lowest BCUT2D eigenvalue weighted by atomic mass is 9.83. The van der Waals surface area contributed by atoms with Crippen LogP contribution in [0, 0.1) is 12.5 Å². The fourth-order valence-corrected chi connectivity index (χ4v) is 5.53. The average molecular weight is 452 g/mol. The van der Waals surface area contributed by atoms with Gasteiger partial charge in [0.1, 0.15) is 4.88 Å². The SMILES string of the molecule is [C-]#[N+]C1=CC[C@H](CCCc2ccc(C(=O)OC)s2)[C@H]1c1ccc(C(O)CCCCC)cc1. The minimum absolute atomic E-state index is 0.132. The summed E-state index contributed by atoms with van der Waals surface area (Å²) in [4.78, 5) is 17.3. The highest BCUT2D eigenvalue weighted by atomic mass is 32.1. The van der Waals surface area contributed by atoms with Crippen LogP contribution in [0.25, 0.3) is 4.85 Å². The molecule has 1 N–H and O–H groups in total. The van der Waals surface area contributed by atoms with E-state index in [0.29, 0.717) is 10.8 Å². The van der Waals surface area contributed by atoms with Crippen molar-refractivity contribution < 1.29 is 14.6 Å². The van der Waals surface area contributed by atoms with E-state index in [2.05, 4.69) is 30.0 Å². The van der Waals surface area contributed by atoms with Crippen molar-refractivity contribution in [3.8, 4) is 0 Å². The second-order valence-electron chi connectivity index (χ2n) is 8.54. The summed E-state index contributed by atoms with van der Waals surface area (Å²) in [6.07, 6.45) is 9.74. The van der Waals surface area contributed by atoms with Crippen LogP contribution in [0.5, 0.6) is 0 Å². The van der Waals surface area contributed by atoms with E-state index in [1.165, 1.54) is 28.9 Å². The van der Waals surface area contributed by atoms with E-state index in [9.17, 15) is 9.90 Å². The molecule has 0 aliphatic heterocycles. The van der Waals surface area contributed by atoms with E-state index in [1.54, 1.807) is 0 Å². The Labute approximate surface area is 195 Å². The molecule has 2 aromatic rings. The normalized spacial score (nSPS) is 18.8. The number of aryl methyl sites for hydroxylation is 1.